The average Bonchev–Trinajstić information content (AvgIpc) is 2.25. The predicted octanol–water partition coefficient (Wildman–Crippen LogP) is 3.37. The smallest absolute Gasteiger partial charge is 0.103 e. The van der Waals surface area contributed by atoms with Gasteiger partial charge in [0.05, 0.1) is 0 Å². The molecule has 74 valence electrons. The average molecular weight is 197 g/mol. The zero-order valence-corrected chi connectivity index (χ0v) is 9.69. The van der Waals surface area contributed by atoms with Crippen LogP contribution in [0.2, 0.25) is 0 Å². The van der Waals surface area contributed by atoms with Gasteiger partial charge in [-0.05, 0) is 0 Å². The van der Waals surface area contributed by atoms with Crippen LogP contribution >= 0.6 is 12.2 Å². The lowest BCUT2D eigenvalue weighted by Crippen LogP contribution is -2.08. The third-order valence-corrected chi connectivity index (χ3v) is 1.29. The summed E-state index contributed by atoms with van der Waals surface area (Å²) in [5.41, 5.74) is 6.27. The summed E-state index contributed by atoms with van der Waals surface area (Å²) in [6.07, 6.45) is 0. The molecule has 1 nitrogen and oxygen atoms in total. The predicted molar refractivity (Wildman–Crippen MR) is 65.0 cm³/mol. The molecule has 2 N–H and O–H groups in total. The van der Waals surface area contributed by atoms with Crippen LogP contribution in [0.25, 0.3) is 0 Å². The van der Waals surface area contributed by atoms with Gasteiger partial charge < -0.3 is 5.73 Å². The highest BCUT2D eigenvalue weighted by atomic mass is 32.1. The molecule has 13 heavy (non-hydrogen) atoms. The molecule has 0 aliphatic carbocycles. The van der Waals surface area contributed by atoms with Gasteiger partial charge in [-0.15, -0.1) is 0 Å². The van der Waals surface area contributed by atoms with E-state index in [0.717, 1.165) is 5.56 Å². The zero-order valence-electron chi connectivity index (χ0n) is 8.87. The Labute approximate surface area is 87.0 Å². The Kier molecular flexibility index (Phi) is 12.5. The molecule has 0 atom stereocenters. The van der Waals surface area contributed by atoms with Gasteiger partial charge in [0, 0.05) is 5.56 Å². The van der Waals surface area contributed by atoms with Crippen molar-refractivity contribution in [2.24, 2.45) is 5.73 Å². The van der Waals surface area contributed by atoms with Gasteiger partial charge in [0.25, 0.3) is 0 Å². The van der Waals surface area contributed by atoms with E-state index in [-0.39, 0.29) is 0 Å². The van der Waals surface area contributed by atoms with Crippen LogP contribution < -0.4 is 5.73 Å². The molecule has 2 heteroatoms. The Hall–Kier alpha value is -0.890. The van der Waals surface area contributed by atoms with Gasteiger partial charge in [-0.1, -0.05) is 70.2 Å². The molecule has 1 rings (SSSR count). The summed E-state index contributed by atoms with van der Waals surface area (Å²) in [6.45, 7) is 8.00. The molecular weight excluding hydrogens is 178 g/mol. The Bertz CT molecular complexity index is 207. The van der Waals surface area contributed by atoms with Crippen molar-refractivity contribution in [2.75, 3.05) is 0 Å². The van der Waals surface area contributed by atoms with Crippen LogP contribution in [-0.2, 0) is 0 Å². The van der Waals surface area contributed by atoms with E-state index in [1.54, 1.807) is 0 Å². The van der Waals surface area contributed by atoms with Crippen LogP contribution in [0, 0.1) is 0 Å². The van der Waals surface area contributed by atoms with Gasteiger partial charge in [0.2, 0.25) is 0 Å². The second-order valence-electron chi connectivity index (χ2n) is 1.73. The molecule has 0 fully saturated rings. The van der Waals surface area contributed by atoms with Crippen molar-refractivity contribution in [3.63, 3.8) is 0 Å². The normalized spacial score (nSPS) is 7.08. The Morgan fingerprint density at radius 2 is 1.38 bits per heavy atom. The van der Waals surface area contributed by atoms with E-state index < -0.39 is 0 Å². The van der Waals surface area contributed by atoms with Crippen LogP contribution in [0.15, 0.2) is 30.3 Å². The topological polar surface area (TPSA) is 26.0 Å². The first-order valence-corrected chi connectivity index (χ1v) is 5.06. The maximum Gasteiger partial charge on any atom is 0.103 e. The van der Waals surface area contributed by atoms with Gasteiger partial charge in [-0.25, -0.2) is 0 Å². The Morgan fingerprint density at radius 3 is 1.62 bits per heavy atom. The first-order valence-electron chi connectivity index (χ1n) is 4.65. The molecule has 0 aromatic heterocycles. The van der Waals surface area contributed by atoms with Crippen molar-refractivity contribution in [3.8, 4) is 0 Å². The van der Waals surface area contributed by atoms with E-state index in [4.69, 9.17) is 18.0 Å². The molecule has 0 radical (unpaired) electrons. The number of hydrogen-bond donors (Lipinski definition) is 1. The van der Waals surface area contributed by atoms with E-state index in [1.807, 2.05) is 58.0 Å². The summed E-state index contributed by atoms with van der Waals surface area (Å²) < 4.78 is 0. The van der Waals surface area contributed by atoms with Crippen LogP contribution in [-0.4, -0.2) is 4.99 Å². The molecule has 0 aliphatic rings. The lowest BCUT2D eigenvalue weighted by atomic mass is 10.2. The molecule has 1 aromatic carbocycles. The van der Waals surface area contributed by atoms with E-state index in [2.05, 4.69) is 0 Å². The van der Waals surface area contributed by atoms with E-state index in [9.17, 15) is 0 Å². The minimum atomic E-state index is 0.454. The van der Waals surface area contributed by atoms with Crippen molar-refractivity contribution in [3.05, 3.63) is 35.9 Å². The fourth-order valence-electron chi connectivity index (χ4n) is 0.602. The first kappa shape index (κ1) is 14.6. The van der Waals surface area contributed by atoms with Gasteiger partial charge in [-0.2, -0.15) is 0 Å². The SMILES string of the molecule is CC.CC.NC(=S)c1ccccc1. The summed E-state index contributed by atoms with van der Waals surface area (Å²) in [7, 11) is 0. The molecule has 0 saturated carbocycles. The monoisotopic (exact) mass is 197 g/mol. The number of benzene rings is 1. The third-order valence-electron chi connectivity index (χ3n) is 1.06. The standard InChI is InChI=1S/C7H7NS.2C2H6/c8-7(9)6-4-2-1-3-5-6;2*1-2/h1-5H,(H2,8,9);2*1-2H3. The maximum atomic E-state index is 5.35. The summed E-state index contributed by atoms with van der Waals surface area (Å²) in [4.78, 5) is 0.454. The third kappa shape index (κ3) is 7.47. The van der Waals surface area contributed by atoms with Crippen LogP contribution in [0.3, 0.4) is 0 Å². The summed E-state index contributed by atoms with van der Waals surface area (Å²) in [6, 6.07) is 9.54. The summed E-state index contributed by atoms with van der Waals surface area (Å²) >= 11 is 4.74. The Morgan fingerprint density at radius 1 is 1.00 bits per heavy atom. The minimum Gasteiger partial charge on any atom is -0.389 e. The lowest BCUT2D eigenvalue weighted by molar-refractivity contribution is 1.50. The molecule has 0 heterocycles. The summed E-state index contributed by atoms with van der Waals surface area (Å²) in [5, 5.41) is 0. The number of nitrogens with two attached hydrogens (primary N) is 1. The molecular formula is C11H19NS. The van der Waals surface area contributed by atoms with Crippen molar-refractivity contribution in [1.29, 1.82) is 0 Å². The van der Waals surface area contributed by atoms with Gasteiger partial charge in [0.1, 0.15) is 4.99 Å². The molecule has 0 spiro atoms. The van der Waals surface area contributed by atoms with Crippen molar-refractivity contribution in [2.45, 2.75) is 27.7 Å². The highest BCUT2D eigenvalue weighted by Crippen LogP contribution is 1.96. The van der Waals surface area contributed by atoms with Gasteiger partial charge >= 0.3 is 0 Å². The fraction of sp³-hybridized carbons (Fsp3) is 0.364. The molecule has 0 aliphatic heterocycles. The van der Waals surface area contributed by atoms with Crippen molar-refractivity contribution >= 4 is 17.2 Å². The highest BCUT2D eigenvalue weighted by Gasteiger charge is 1.89. The lowest BCUT2D eigenvalue weighted by Gasteiger charge is -1.92. The fourth-order valence-corrected chi connectivity index (χ4v) is 0.739. The number of hydrogen-bond acceptors (Lipinski definition) is 1. The van der Waals surface area contributed by atoms with E-state index >= 15 is 0 Å². The number of rotatable bonds is 1. The molecule has 0 saturated heterocycles. The van der Waals surface area contributed by atoms with Gasteiger partial charge in [0.15, 0.2) is 0 Å². The molecule has 0 bridgehead atoms. The molecule has 1 aromatic rings. The zero-order chi connectivity index (χ0) is 10.7. The number of thiocarbonyl (C=S) groups is 1. The van der Waals surface area contributed by atoms with E-state index in [0.29, 0.717) is 4.99 Å². The van der Waals surface area contributed by atoms with Crippen molar-refractivity contribution in [1.82, 2.24) is 0 Å². The first-order chi connectivity index (χ1) is 6.30. The van der Waals surface area contributed by atoms with Crippen LogP contribution in [0.5, 0.6) is 0 Å². The minimum absolute atomic E-state index is 0.454. The molecule has 0 unspecified atom stereocenters. The van der Waals surface area contributed by atoms with E-state index in [1.165, 1.54) is 0 Å². The van der Waals surface area contributed by atoms with Crippen molar-refractivity contribution < 1.29 is 0 Å². The second-order valence-corrected chi connectivity index (χ2v) is 2.17. The largest absolute Gasteiger partial charge is 0.389 e. The molecule has 0 amide bonds. The van der Waals surface area contributed by atoms with Crippen LogP contribution in [0.1, 0.15) is 33.3 Å². The van der Waals surface area contributed by atoms with Crippen LogP contribution in [0.4, 0.5) is 0 Å². The Balaban J connectivity index is 0. The second kappa shape index (κ2) is 11.1. The quantitative estimate of drug-likeness (QED) is 0.698. The summed E-state index contributed by atoms with van der Waals surface area (Å²) in [5.74, 6) is 0. The highest BCUT2D eigenvalue weighted by molar-refractivity contribution is 7.80. The van der Waals surface area contributed by atoms with Gasteiger partial charge in [-0.3, -0.25) is 0 Å². The maximum absolute atomic E-state index is 5.35.